The average Bonchev–Trinajstić information content (AvgIpc) is 2.20. The van der Waals surface area contributed by atoms with Crippen molar-refractivity contribution >= 4 is 5.82 Å². The van der Waals surface area contributed by atoms with Crippen molar-refractivity contribution in [2.45, 2.75) is 39.2 Å². The van der Waals surface area contributed by atoms with Crippen LogP contribution in [0.25, 0.3) is 0 Å². The van der Waals surface area contributed by atoms with Gasteiger partial charge in [-0.3, -0.25) is 0 Å². The fourth-order valence-corrected chi connectivity index (χ4v) is 1.41. The summed E-state index contributed by atoms with van der Waals surface area (Å²) >= 11 is 0. The summed E-state index contributed by atoms with van der Waals surface area (Å²) in [5, 5.41) is 3.11. The molecule has 0 aliphatic rings. The fourth-order valence-electron chi connectivity index (χ4n) is 1.41. The van der Waals surface area contributed by atoms with Crippen LogP contribution in [-0.2, 0) is 0 Å². The van der Waals surface area contributed by atoms with Crippen molar-refractivity contribution in [2.24, 2.45) is 0 Å². The lowest BCUT2D eigenvalue weighted by atomic mass is 10.1. The summed E-state index contributed by atoms with van der Waals surface area (Å²) in [5.41, 5.74) is 0. The summed E-state index contributed by atoms with van der Waals surface area (Å²) < 4.78 is 13.2. The van der Waals surface area contributed by atoms with Crippen LogP contribution >= 0.6 is 0 Å². The van der Waals surface area contributed by atoms with Crippen molar-refractivity contribution in [2.75, 3.05) is 5.32 Å². The fraction of sp³-hybridized carbons (Fsp3) is 0.545. The summed E-state index contributed by atoms with van der Waals surface area (Å²) in [6, 6.07) is 3.35. The summed E-state index contributed by atoms with van der Waals surface area (Å²) in [4.78, 5) is 3.96. The van der Waals surface area contributed by atoms with E-state index in [1.54, 1.807) is 12.3 Å². The molecule has 1 unspecified atom stereocenters. The molecule has 0 radical (unpaired) electrons. The lowest BCUT2D eigenvalue weighted by Crippen LogP contribution is -2.19. The normalized spacial score (nSPS) is 12.5. The minimum Gasteiger partial charge on any atom is -0.365 e. The Labute approximate surface area is 84.6 Å². The first-order valence-electron chi connectivity index (χ1n) is 5.15. The van der Waals surface area contributed by atoms with Crippen LogP contribution in [0.2, 0.25) is 0 Å². The van der Waals surface area contributed by atoms with E-state index >= 15 is 0 Å². The van der Waals surface area contributed by atoms with E-state index in [2.05, 4.69) is 24.1 Å². The molecule has 1 atom stereocenters. The molecule has 2 nitrogen and oxygen atoms in total. The zero-order chi connectivity index (χ0) is 10.4. The van der Waals surface area contributed by atoms with Crippen LogP contribution in [0.3, 0.4) is 0 Å². The van der Waals surface area contributed by atoms with Gasteiger partial charge < -0.3 is 5.32 Å². The number of nitrogens with zero attached hydrogens (tertiary/aromatic N) is 1. The summed E-state index contributed by atoms with van der Waals surface area (Å²) in [6.45, 7) is 4.22. The van der Waals surface area contributed by atoms with Gasteiger partial charge in [-0.1, -0.05) is 20.3 Å². The van der Waals surface area contributed by atoms with Crippen LogP contribution in [0.4, 0.5) is 10.2 Å². The third-order valence-corrected chi connectivity index (χ3v) is 2.23. The molecule has 0 amide bonds. The maximum absolute atomic E-state index is 13.2. The highest BCUT2D eigenvalue weighted by atomic mass is 19.1. The number of nitrogens with one attached hydrogen (secondary N) is 1. The van der Waals surface area contributed by atoms with E-state index < -0.39 is 0 Å². The molecule has 0 saturated carbocycles. The Morgan fingerprint density at radius 3 is 2.86 bits per heavy atom. The predicted molar refractivity (Wildman–Crippen MR) is 56.8 cm³/mol. The molecule has 0 aliphatic carbocycles. The second-order valence-corrected chi connectivity index (χ2v) is 3.37. The van der Waals surface area contributed by atoms with E-state index in [9.17, 15) is 4.39 Å². The molecule has 14 heavy (non-hydrogen) atoms. The minimum absolute atomic E-state index is 0.276. The number of pyridine rings is 1. The van der Waals surface area contributed by atoms with Gasteiger partial charge in [0.25, 0.3) is 0 Å². The molecule has 0 saturated heterocycles. The van der Waals surface area contributed by atoms with Crippen molar-refractivity contribution in [3.05, 3.63) is 24.1 Å². The summed E-state index contributed by atoms with van der Waals surface area (Å²) in [6.07, 6.45) is 4.74. The smallest absolute Gasteiger partial charge is 0.165 e. The maximum Gasteiger partial charge on any atom is 0.165 e. The Balaban J connectivity index is 2.62. The van der Waals surface area contributed by atoms with E-state index in [0.29, 0.717) is 11.9 Å². The number of hydrogen-bond acceptors (Lipinski definition) is 2. The van der Waals surface area contributed by atoms with Crippen molar-refractivity contribution in [1.82, 2.24) is 4.98 Å². The highest BCUT2D eigenvalue weighted by Crippen LogP contribution is 2.13. The molecule has 1 rings (SSSR count). The van der Waals surface area contributed by atoms with Gasteiger partial charge in [-0.05, 0) is 25.0 Å². The van der Waals surface area contributed by atoms with E-state index in [1.165, 1.54) is 6.07 Å². The van der Waals surface area contributed by atoms with Crippen LogP contribution in [0.5, 0.6) is 0 Å². The molecule has 3 heteroatoms. The minimum atomic E-state index is -0.276. The van der Waals surface area contributed by atoms with Crippen LogP contribution in [-0.4, -0.2) is 11.0 Å². The average molecular weight is 196 g/mol. The maximum atomic E-state index is 13.2. The number of anilines is 1. The first-order valence-corrected chi connectivity index (χ1v) is 5.15. The molecule has 0 spiro atoms. The molecule has 1 heterocycles. The molecular weight excluding hydrogens is 179 g/mol. The Morgan fingerprint density at radius 1 is 1.50 bits per heavy atom. The largest absolute Gasteiger partial charge is 0.365 e. The monoisotopic (exact) mass is 196 g/mol. The number of halogens is 1. The van der Waals surface area contributed by atoms with Gasteiger partial charge in [-0.25, -0.2) is 9.37 Å². The number of aromatic nitrogens is 1. The molecule has 1 N–H and O–H groups in total. The Hall–Kier alpha value is -1.12. The third-order valence-electron chi connectivity index (χ3n) is 2.23. The predicted octanol–water partition coefficient (Wildman–Crippen LogP) is 3.21. The van der Waals surface area contributed by atoms with E-state index in [1.807, 2.05) is 0 Å². The van der Waals surface area contributed by atoms with Crippen LogP contribution in [0.15, 0.2) is 18.3 Å². The standard InChI is InChI=1S/C11H17FN2/c1-3-6-9(4-2)14-11-10(12)7-5-8-13-11/h5,7-9H,3-4,6H2,1-2H3,(H,13,14). The summed E-state index contributed by atoms with van der Waals surface area (Å²) in [5.74, 6) is 0.0925. The highest BCUT2D eigenvalue weighted by molar-refractivity contribution is 5.36. The zero-order valence-corrected chi connectivity index (χ0v) is 8.76. The molecule has 0 fully saturated rings. The SMILES string of the molecule is CCCC(CC)Nc1ncccc1F. The van der Waals surface area contributed by atoms with Crippen molar-refractivity contribution in [1.29, 1.82) is 0 Å². The van der Waals surface area contributed by atoms with E-state index in [4.69, 9.17) is 0 Å². The van der Waals surface area contributed by atoms with Crippen LogP contribution in [0.1, 0.15) is 33.1 Å². The van der Waals surface area contributed by atoms with Gasteiger partial charge in [-0.15, -0.1) is 0 Å². The second kappa shape index (κ2) is 5.58. The van der Waals surface area contributed by atoms with Gasteiger partial charge in [0, 0.05) is 12.2 Å². The Kier molecular flexibility index (Phi) is 4.36. The Morgan fingerprint density at radius 2 is 2.29 bits per heavy atom. The van der Waals surface area contributed by atoms with Gasteiger partial charge in [0.15, 0.2) is 11.6 Å². The van der Waals surface area contributed by atoms with Gasteiger partial charge >= 0.3 is 0 Å². The van der Waals surface area contributed by atoms with Gasteiger partial charge in [0.2, 0.25) is 0 Å². The Bertz CT molecular complexity index is 276. The topological polar surface area (TPSA) is 24.9 Å². The van der Waals surface area contributed by atoms with E-state index in [0.717, 1.165) is 19.3 Å². The van der Waals surface area contributed by atoms with Gasteiger partial charge in [0.05, 0.1) is 0 Å². The molecule has 0 aromatic carbocycles. The van der Waals surface area contributed by atoms with Crippen LogP contribution < -0.4 is 5.32 Å². The lowest BCUT2D eigenvalue weighted by Gasteiger charge is -2.16. The van der Waals surface area contributed by atoms with Crippen molar-refractivity contribution in [3.8, 4) is 0 Å². The number of hydrogen-bond donors (Lipinski definition) is 1. The molecule has 0 bridgehead atoms. The molecule has 1 aromatic rings. The molecular formula is C11H17FN2. The first kappa shape index (κ1) is 11.0. The summed E-state index contributed by atoms with van der Waals surface area (Å²) in [7, 11) is 0. The van der Waals surface area contributed by atoms with Crippen molar-refractivity contribution in [3.63, 3.8) is 0 Å². The first-order chi connectivity index (χ1) is 6.77. The highest BCUT2D eigenvalue weighted by Gasteiger charge is 2.08. The van der Waals surface area contributed by atoms with Crippen LogP contribution in [0, 0.1) is 5.82 Å². The lowest BCUT2D eigenvalue weighted by molar-refractivity contribution is 0.593. The van der Waals surface area contributed by atoms with Gasteiger partial charge in [-0.2, -0.15) is 0 Å². The number of rotatable bonds is 5. The zero-order valence-electron chi connectivity index (χ0n) is 8.76. The van der Waals surface area contributed by atoms with Gasteiger partial charge in [0.1, 0.15) is 0 Å². The quantitative estimate of drug-likeness (QED) is 0.782. The molecule has 0 aliphatic heterocycles. The molecule has 78 valence electrons. The van der Waals surface area contributed by atoms with E-state index in [-0.39, 0.29) is 5.82 Å². The van der Waals surface area contributed by atoms with Crippen molar-refractivity contribution < 1.29 is 4.39 Å². The molecule has 1 aromatic heterocycles. The second-order valence-electron chi connectivity index (χ2n) is 3.37. The third kappa shape index (κ3) is 2.98.